The molecule has 30 heavy (non-hydrogen) atoms. The Balaban J connectivity index is 1.46. The molecule has 2 bridgehead atoms. The van der Waals surface area contributed by atoms with E-state index >= 15 is 0 Å². The summed E-state index contributed by atoms with van der Waals surface area (Å²) in [6, 6.07) is 8.13. The van der Waals surface area contributed by atoms with E-state index in [9.17, 15) is 4.79 Å². The van der Waals surface area contributed by atoms with Crippen LogP contribution in [-0.4, -0.2) is 36.6 Å². The van der Waals surface area contributed by atoms with Crippen molar-refractivity contribution in [3.8, 4) is 12.3 Å². The summed E-state index contributed by atoms with van der Waals surface area (Å²) in [5, 5.41) is 12.2. The van der Waals surface area contributed by atoms with Crippen LogP contribution in [0, 0.1) is 24.2 Å². The molecule has 1 heterocycles. The number of terminal acetylenes is 1. The molecule has 1 aromatic carbocycles. The summed E-state index contributed by atoms with van der Waals surface area (Å²) >= 11 is 0. The number of benzene rings is 1. The quantitative estimate of drug-likeness (QED) is 0.510. The van der Waals surface area contributed by atoms with Crippen LogP contribution in [0.1, 0.15) is 62.0 Å². The molecule has 160 valence electrons. The van der Waals surface area contributed by atoms with Crippen LogP contribution in [0.4, 0.5) is 0 Å². The number of unbranched alkanes of at least 4 members (excludes halogenated alkanes) is 1. The molecule has 2 saturated carbocycles. The lowest BCUT2D eigenvalue weighted by Gasteiger charge is -2.30. The molecule has 4 rings (SSSR count). The number of rotatable bonds is 8. The van der Waals surface area contributed by atoms with Crippen molar-refractivity contribution < 1.29 is 19.4 Å². The topological polar surface area (TPSA) is 67.8 Å². The Morgan fingerprint density at radius 3 is 2.70 bits per heavy atom. The van der Waals surface area contributed by atoms with Crippen molar-refractivity contribution in [3.05, 3.63) is 47.2 Å². The van der Waals surface area contributed by atoms with Crippen LogP contribution in [0.25, 0.3) is 0 Å². The van der Waals surface area contributed by atoms with Crippen molar-refractivity contribution >= 4 is 5.91 Å². The van der Waals surface area contributed by atoms with Crippen molar-refractivity contribution in [3.63, 3.8) is 0 Å². The standard InChI is InChI=1S/C25H31NO4/c1-2-17-5-8-19(9-6-17)21-15-23(30-24(16-21)29-12-4-3-11-27)25(28)26-22-14-18-7-10-20(22)13-18/h1,5-6,8-9,15,18,20-22,24,27H,3-4,7,10-14,16H2,(H,26,28)/t18?,20?,21-,22?,24+/m0/s1. The normalized spacial score (nSPS) is 29.7. The van der Waals surface area contributed by atoms with Gasteiger partial charge in [-0.1, -0.05) is 24.5 Å². The van der Waals surface area contributed by atoms with E-state index in [2.05, 4.69) is 11.2 Å². The van der Waals surface area contributed by atoms with Gasteiger partial charge in [-0.15, -0.1) is 6.42 Å². The molecule has 5 nitrogen and oxygen atoms in total. The molecule has 2 fully saturated rings. The summed E-state index contributed by atoms with van der Waals surface area (Å²) in [6.07, 6.45) is 13.8. The molecule has 1 aliphatic heterocycles. The largest absolute Gasteiger partial charge is 0.459 e. The predicted octanol–water partition coefficient (Wildman–Crippen LogP) is 3.48. The number of hydrogen-bond donors (Lipinski definition) is 2. The maximum atomic E-state index is 13.0. The average Bonchev–Trinajstić information content (AvgIpc) is 3.40. The molecule has 5 heteroatoms. The lowest BCUT2D eigenvalue weighted by Crippen LogP contribution is -2.41. The Bertz CT molecular complexity index is 809. The van der Waals surface area contributed by atoms with E-state index in [1.165, 1.54) is 19.3 Å². The number of carbonyl (C=O) groups is 1. The minimum absolute atomic E-state index is 0.0224. The van der Waals surface area contributed by atoms with Gasteiger partial charge in [0, 0.05) is 30.6 Å². The number of nitrogens with one attached hydrogen (secondary N) is 1. The highest BCUT2D eigenvalue weighted by atomic mass is 16.7. The van der Waals surface area contributed by atoms with Gasteiger partial charge in [0.2, 0.25) is 6.29 Å². The summed E-state index contributed by atoms with van der Waals surface area (Å²) < 4.78 is 11.8. The summed E-state index contributed by atoms with van der Waals surface area (Å²) in [5.41, 5.74) is 1.92. The first kappa shape index (κ1) is 21.0. The number of fused-ring (bicyclic) bond motifs is 2. The molecule has 0 spiro atoms. The van der Waals surface area contributed by atoms with Gasteiger partial charge in [0.05, 0.1) is 6.61 Å². The minimum atomic E-state index is -0.480. The van der Waals surface area contributed by atoms with Crippen LogP contribution in [0.15, 0.2) is 36.1 Å². The van der Waals surface area contributed by atoms with E-state index in [0.29, 0.717) is 31.1 Å². The van der Waals surface area contributed by atoms with Crippen LogP contribution < -0.4 is 5.32 Å². The van der Waals surface area contributed by atoms with Crippen molar-refractivity contribution in [1.82, 2.24) is 5.32 Å². The molecule has 0 aromatic heterocycles. The Morgan fingerprint density at radius 1 is 1.20 bits per heavy atom. The molecular weight excluding hydrogens is 378 g/mol. The fourth-order valence-electron chi connectivity index (χ4n) is 5.07. The Labute approximate surface area is 178 Å². The van der Waals surface area contributed by atoms with Crippen LogP contribution in [0.3, 0.4) is 0 Å². The van der Waals surface area contributed by atoms with E-state index in [1.807, 2.05) is 30.3 Å². The van der Waals surface area contributed by atoms with Gasteiger partial charge in [-0.3, -0.25) is 4.79 Å². The van der Waals surface area contributed by atoms with Gasteiger partial charge in [0.25, 0.3) is 5.91 Å². The zero-order valence-electron chi connectivity index (χ0n) is 17.4. The van der Waals surface area contributed by atoms with Crippen molar-refractivity contribution in [2.75, 3.05) is 13.2 Å². The summed E-state index contributed by atoms with van der Waals surface area (Å²) in [7, 11) is 0. The Kier molecular flexibility index (Phi) is 6.76. The van der Waals surface area contributed by atoms with Gasteiger partial charge >= 0.3 is 0 Å². The highest BCUT2D eigenvalue weighted by Gasteiger charge is 2.41. The first-order chi connectivity index (χ1) is 14.7. The number of ether oxygens (including phenoxy) is 2. The van der Waals surface area contributed by atoms with E-state index in [1.54, 1.807) is 0 Å². The van der Waals surface area contributed by atoms with Gasteiger partial charge in [-0.05, 0) is 67.7 Å². The van der Waals surface area contributed by atoms with Gasteiger partial charge in [0.15, 0.2) is 5.76 Å². The SMILES string of the molecule is C#Cc1ccc([C@H]2C=C(C(=O)NC3CC4CCC3C4)O[C@@H](OCCCCO)C2)cc1. The Morgan fingerprint density at radius 2 is 2.03 bits per heavy atom. The zero-order chi connectivity index (χ0) is 20.9. The fourth-order valence-corrected chi connectivity index (χ4v) is 5.07. The van der Waals surface area contributed by atoms with Crippen LogP contribution >= 0.6 is 0 Å². The van der Waals surface area contributed by atoms with Crippen LogP contribution in [0.2, 0.25) is 0 Å². The highest BCUT2D eigenvalue weighted by Crippen LogP contribution is 2.44. The van der Waals surface area contributed by atoms with E-state index < -0.39 is 6.29 Å². The number of allylic oxidation sites excluding steroid dienone is 1. The average molecular weight is 410 g/mol. The summed E-state index contributed by atoms with van der Waals surface area (Å²) in [4.78, 5) is 13.0. The third kappa shape index (κ3) is 4.88. The minimum Gasteiger partial charge on any atom is -0.459 e. The maximum Gasteiger partial charge on any atom is 0.286 e. The zero-order valence-corrected chi connectivity index (χ0v) is 17.4. The smallest absolute Gasteiger partial charge is 0.286 e. The molecule has 2 aliphatic carbocycles. The number of aliphatic hydroxyl groups is 1. The van der Waals surface area contributed by atoms with Gasteiger partial charge in [-0.25, -0.2) is 0 Å². The lowest BCUT2D eigenvalue weighted by atomic mass is 9.92. The third-order valence-electron chi connectivity index (χ3n) is 6.70. The summed E-state index contributed by atoms with van der Waals surface area (Å²) in [5.74, 6) is 4.25. The molecule has 3 unspecified atom stereocenters. The number of hydrogen-bond acceptors (Lipinski definition) is 4. The molecular formula is C25H31NO4. The van der Waals surface area contributed by atoms with E-state index in [0.717, 1.165) is 29.9 Å². The van der Waals surface area contributed by atoms with Gasteiger partial charge in [-0.2, -0.15) is 0 Å². The van der Waals surface area contributed by atoms with Crippen LogP contribution in [-0.2, 0) is 14.3 Å². The summed E-state index contributed by atoms with van der Waals surface area (Å²) in [6.45, 7) is 0.644. The second-order valence-electron chi connectivity index (χ2n) is 8.74. The van der Waals surface area contributed by atoms with Gasteiger partial charge in [0.1, 0.15) is 0 Å². The van der Waals surface area contributed by atoms with Crippen molar-refractivity contribution in [2.24, 2.45) is 11.8 Å². The number of aliphatic hydroxyl groups excluding tert-OH is 1. The first-order valence-corrected chi connectivity index (χ1v) is 11.1. The monoisotopic (exact) mass is 409 g/mol. The van der Waals surface area contributed by atoms with Crippen molar-refractivity contribution in [1.29, 1.82) is 0 Å². The third-order valence-corrected chi connectivity index (χ3v) is 6.70. The highest BCUT2D eigenvalue weighted by molar-refractivity contribution is 5.92. The second-order valence-corrected chi connectivity index (χ2v) is 8.74. The van der Waals surface area contributed by atoms with Crippen LogP contribution in [0.5, 0.6) is 0 Å². The fraction of sp³-hybridized carbons (Fsp3) is 0.560. The molecule has 1 amide bonds. The lowest BCUT2D eigenvalue weighted by molar-refractivity contribution is -0.147. The molecule has 2 N–H and O–H groups in total. The van der Waals surface area contributed by atoms with E-state index in [-0.39, 0.29) is 24.5 Å². The first-order valence-electron chi connectivity index (χ1n) is 11.1. The molecule has 5 atom stereocenters. The molecule has 1 aromatic rings. The number of amides is 1. The molecule has 0 saturated heterocycles. The maximum absolute atomic E-state index is 13.0. The van der Waals surface area contributed by atoms with Crippen molar-refractivity contribution in [2.45, 2.75) is 63.2 Å². The predicted molar refractivity (Wildman–Crippen MR) is 114 cm³/mol. The molecule has 3 aliphatic rings. The molecule has 0 radical (unpaired) electrons. The Hall–Kier alpha value is -2.29. The van der Waals surface area contributed by atoms with Gasteiger partial charge < -0.3 is 19.9 Å². The second kappa shape index (κ2) is 9.68. The van der Waals surface area contributed by atoms with E-state index in [4.69, 9.17) is 21.0 Å². The number of carbonyl (C=O) groups excluding carboxylic acids is 1.